The van der Waals surface area contributed by atoms with E-state index in [2.05, 4.69) is 11.2 Å². The zero-order valence-electron chi connectivity index (χ0n) is 8.39. The van der Waals surface area contributed by atoms with Gasteiger partial charge in [-0.3, -0.25) is 0 Å². The van der Waals surface area contributed by atoms with Gasteiger partial charge in [-0.1, -0.05) is 17.3 Å². The van der Waals surface area contributed by atoms with Crippen LogP contribution in [0, 0.1) is 17.2 Å². The lowest BCUT2D eigenvalue weighted by molar-refractivity contribution is 0.131. The first-order valence-corrected chi connectivity index (χ1v) is 5.03. The molecule has 0 N–H and O–H groups in total. The van der Waals surface area contributed by atoms with Gasteiger partial charge in [-0.05, 0) is 36.5 Å². The minimum atomic E-state index is 0.429. The number of hydrogen-bond donors (Lipinski definition) is 0. The Hall–Kier alpha value is -1.82. The van der Waals surface area contributed by atoms with Gasteiger partial charge in [0.15, 0.2) is 0 Å². The van der Waals surface area contributed by atoms with Gasteiger partial charge in [0.1, 0.15) is 6.61 Å². The van der Waals surface area contributed by atoms with Crippen LogP contribution in [0.15, 0.2) is 29.4 Å². The van der Waals surface area contributed by atoms with Crippen molar-refractivity contribution in [1.29, 1.82) is 5.26 Å². The van der Waals surface area contributed by atoms with Crippen LogP contribution in [0.5, 0.6) is 0 Å². The van der Waals surface area contributed by atoms with Gasteiger partial charge in [0.05, 0.1) is 11.6 Å². The number of nitriles is 1. The van der Waals surface area contributed by atoms with Crippen LogP contribution in [-0.4, -0.2) is 6.21 Å². The zero-order valence-corrected chi connectivity index (χ0v) is 8.39. The van der Waals surface area contributed by atoms with Crippen LogP contribution in [0.3, 0.4) is 0 Å². The van der Waals surface area contributed by atoms with E-state index in [1.807, 2.05) is 24.4 Å². The van der Waals surface area contributed by atoms with Crippen molar-refractivity contribution in [3.63, 3.8) is 0 Å². The highest BCUT2D eigenvalue weighted by atomic mass is 16.6. The van der Waals surface area contributed by atoms with Crippen molar-refractivity contribution in [1.82, 2.24) is 0 Å². The van der Waals surface area contributed by atoms with E-state index >= 15 is 0 Å². The van der Waals surface area contributed by atoms with Gasteiger partial charge in [0, 0.05) is 6.21 Å². The van der Waals surface area contributed by atoms with Gasteiger partial charge in [0.25, 0.3) is 0 Å². The number of hydrogen-bond acceptors (Lipinski definition) is 3. The number of rotatable bonds is 4. The summed E-state index contributed by atoms with van der Waals surface area (Å²) < 4.78 is 0. The molecule has 0 saturated heterocycles. The van der Waals surface area contributed by atoms with Gasteiger partial charge in [-0.2, -0.15) is 5.26 Å². The molecule has 1 aliphatic carbocycles. The molecule has 3 heteroatoms. The maximum atomic E-state index is 8.69. The second-order valence-corrected chi connectivity index (χ2v) is 3.68. The Balaban J connectivity index is 1.84. The fraction of sp³-hybridized carbons (Fsp3) is 0.333. The van der Waals surface area contributed by atoms with E-state index in [9.17, 15) is 0 Å². The second kappa shape index (κ2) is 4.61. The third kappa shape index (κ3) is 3.10. The fourth-order valence-electron chi connectivity index (χ4n) is 1.22. The summed E-state index contributed by atoms with van der Waals surface area (Å²) in [4.78, 5) is 5.13. The first-order chi connectivity index (χ1) is 7.38. The molecular weight excluding hydrogens is 188 g/mol. The molecule has 76 valence electrons. The molecule has 3 nitrogen and oxygen atoms in total. The molecule has 0 unspecified atom stereocenters. The summed E-state index contributed by atoms with van der Waals surface area (Å²) in [5.41, 5.74) is 1.63. The summed E-state index contributed by atoms with van der Waals surface area (Å²) >= 11 is 0. The Bertz CT molecular complexity index is 402. The lowest BCUT2D eigenvalue weighted by atomic mass is 10.1. The number of benzene rings is 1. The van der Waals surface area contributed by atoms with Gasteiger partial charge in [-0.25, -0.2) is 0 Å². The largest absolute Gasteiger partial charge is 0.391 e. The molecule has 0 amide bonds. The van der Waals surface area contributed by atoms with Crippen molar-refractivity contribution < 1.29 is 4.84 Å². The highest BCUT2D eigenvalue weighted by Crippen LogP contribution is 2.26. The maximum absolute atomic E-state index is 8.69. The standard InChI is InChI=1S/C12H12N2O/c13-7-11-2-1-3-12(6-11)9-15-14-8-10-4-5-10/h1-3,6,8,10H,4-5,9H2. The van der Waals surface area contributed by atoms with Crippen molar-refractivity contribution in [2.75, 3.05) is 0 Å². The lowest BCUT2D eigenvalue weighted by Gasteiger charge is -1.99. The summed E-state index contributed by atoms with van der Waals surface area (Å²) in [6, 6.07) is 9.45. The number of nitrogens with zero attached hydrogens (tertiary/aromatic N) is 2. The van der Waals surface area contributed by atoms with Crippen LogP contribution >= 0.6 is 0 Å². The highest BCUT2D eigenvalue weighted by Gasteiger charge is 2.18. The molecule has 0 heterocycles. The van der Waals surface area contributed by atoms with Crippen molar-refractivity contribution in [2.45, 2.75) is 19.4 Å². The van der Waals surface area contributed by atoms with Crippen LogP contribution in [0.1, 0.15) is 24.0 Å². The summed E-state index contributed by atoms with van der Waals surface area (Å²) in [5.74, 6) is 0.635. The Morgan fingerprint density at radius 1 is 1.53 bits per heavy atom. The predicted octanol–water partition coefficient (Wildman–Crippen LogP) is 2.47. The van der Waals surface area contributed by atoms with Crippen LogP contribution in [0.2, 0.25) is 0 Å². The Labute approximate surface area is 89.0 Å². The first kappa shape index (κ1) is 9.72. The van der Waals surface area contributed by atoms with Gasteiger partial charge >= 0.3 is 0 Å². The van der Waals surface area contributed by atoms with E-state index < -0.39 is 0 Å². The summed E-state index contributed by atoms with van der Waals surface area (Å²) in [5, 5.41) is 12.6. The summed E-state index contributed by atoms with van der Waals surface area (Å²) in [6.45, 7) is 0.429. The van der Waals surface area contributed by atoms with Gasteiger partial charge in [0.2, 0.25) is 0 Å². The molecule has 15 heavy (non-hydrogen) atoms. The van der Waals surface area contributed by atoms with Crippen LogP contribution in [0.4, 0.5) is 0 Å². The van der Waals surface area contributed by atoms with E-state index in [1.54, 1.807) is 6.07 Å². The topological polar surface area (TPSA) is 45.4 Å². The molecular formula is C12H12N2O. The smallest absolute Gasteiger partial charge is 0.142 e. The molecule has 0 atom stereocenters. The quantitative estimate of drug-likeness (QED) is 0.553. The van der Waals surface area contributed by atoms with Crippen LogP contribution < -0.4 is 0 Å². The second-order valence-electron chi connectivity index (χ2n) is 3.68. The third-order valence-electron chi connectivity index (χ3n) is 2.26. The molecule has 1 fully saturated rings. The minimum Gasteiger partial charge on any atom is -0.391 e. The van der Waals surface area contributed by atoms with Crippen molar-refractivity contribution >= 4 is 6.21 Å². The Morgan fingerprint density at radius 3 is 3.13 bits per heavy atom. The van der Waals surface area contributed by atoms with Crippen LogP contribution in [-0.2, 0) is 11.4 Å². The van der Waals surface area contributed by atoms with E-state index in [0.717, 1.165) is 5.56 Å². The van der Waals surface area contributed by atoms with E-state index in [1.165, 1.54) is 12.8 Å². The molecule has 0 radical (unpaired) electrons. The lowest BCUT2D eigenvalue weighted by Crippen LogP contribution is -1.88. The first-order valence-electron chi connectivity index (χ1n) is 5.03. The maximum Gasteiger partial charge on any atom is 0.142 e. The average Bonchev–Trinajstić information content (AvgIpc) is 3.09. The molecule has 1 aromatic rings. The van der Waals surface area contributed by atoms with Gasteiger partial charge in [-0.15, -0.1) is 0 Å². The normalized spacial score (nSPS) is 15.1. The molecule has 1 aliphatic rings. The molecule has 0 aliphatic heterocycles. The Morgan fingerprint density at radius 2 is 2.40 bits per heavy atom. The van der Waals surface area contributed by atoms with E-state index in [4.69, 9.17) is 10.1 Å². The third-order valence-corrected chi connectivity index (χ3v) is 2.26. The SMILES string of the molecule is N#Cc1cccc(CON=CC2CC2)c1. The van der Waals surface area contributed by atoms with E-state index in [0.29, 0.717) is 18.1 Å². The molecule has 0 aromatic heterocycles. The fourth-order valence-corrected chi connectivity index (χ4v) is 1.22. The van der Waals surface area contributed by atoms with E-state index in [-0.39, 0.29) is 0 Å². The molecule has 1 saturated carbocycles. The minimum absolute atomic E-state index is 0.429. The highest BCUT2D eigenvalue weighted by molar-refractivity contribution is 5.62. The molecule has 2 rings (SSSR count). The van der Waals surface area contributed by atoms with Crippen molar-refractivity contribution in [3.05, 3.63) is 35.4 Å². The van der Waals surface area contributed by atoms with Crippen LogP contribution in [0.25, 0.3) is 0 Å². The Kier molecular flexibility index (Phi) is 2.99. The van der Waals surface area contributed by atoms with Crippen molar-refractivity contribution in [3.8, 4) is 6.07 Å². The monoisotopic (exact) mass is 200 g/mol. The molecule has 0 bridgehead atoms. The predicted molar refractivity (Wildman–Crippen MR) is 57.2 cm³/mol. The van der Waals surface area contributed by atoms with Crippen molar-refractivity contribution in [2.24, 2.45) is 11.1 Å². The molecule has 1 aromatic carbocycles. The summed E-state index contributed by atoms with van der Waals surface area (Å²) in [7, 11) is 0. The van der Waals surface area contributed by atoms with Gasteiger partial charge < -0.3 is 4.84 Å². The molecule has 0 spiro atoms. The zero-order chi connectivity index (χ0) is 10.5. The summed E-state index contributed by atoms with van der Waals surface area (Å²) in [6.07, 6.45) is 4.32. The number of oxime groups is 1. The average molecular weight is 200 g/mol.